The van der Waals surface area contributed by atoms with E-state index < -0.39 is 9.84 Å². The third-order valence-corrected chi connectivity index (χ3v) is 3.63. The molecule has 0 bridgehead atoms. The lowest BCUT2D eigenvalue weighted by atomic mass is 10.4. The average molecular weight is 216 g/mol. The van der Waals surface area contributed by atoms with E-state index >= 15 is 0 Å². The van der Waals surface area contributed by atoms with Gasteiger partial charge in [-0.05, 0) is 0 Å². The van der Waals surface area contributed by atoms with E-state index in [1.807, 2.05) is 0 Å². The smallest absolute Gasteiger partial charge is 0.215 e. The summed E-state index contributed by atoms with van der Waals surface area (Å²) >= 11 is 0. The lowest BCUT2D eigenvalue weighted by molar-refractivity contribution is 0.0430. The van der Waals surface area contributed by atoms with Crippen LogP contribution in [0.1, 0.15) is 0 Å². The molecule has 14 heavy (non-hydrogen) atoms. The van der Waals surface area contributed by atoms with Crippen molar-refractivity contribution in [1.29, 1.82) is 0 Å². The van der Waals surface area contributed by atoms with Gasteiger partial charge >= 0.3 is 0 Å². The third kappa shape index (κ3) is 2.02. The quantitative estimate of drug-likeness (QED) is 0.631. The lowest BCUT2D eigenvalue weighted by Gasteiger charge is -2.26. The number of aliphatic imine (C=N–C) groups is 1. The summed E-state index contributed by atoms with van der Waals surface area (Å²) in [6.07, 6.45) is 1.42. The number of hydrogen-bond acceptors (Lipinski definition) is 5. The zero-order valence-electron chi connectivity index (χ0n) is 7.72. The Kier molecular flexibility index (Phi) is 2.66. The molecule has 0 radical (unpaired) electrons. The number of rotatable bonds is 2. The van der Waals surface area contributed by atoms with E-state index in [9.17, 15) is 8.42 Å². The van der Waals surface area contributed by atoms with Crippen molar-refractivity contribution in [3.8, 4) is 0 Å². The molecule has 0 aromatic carbocycles. The zero-order chi connectivity index (χ0) is 10.0. The number of morpholine rings is 1. The molecule has 0 aliphatic carbocycles. The van der Waals surface area contributed by atoms with Crippen LogP contribution in [0, 0.1) is 0 Å². The molecule has 2 aliphatic heterocycles. The van der Waals surface area contributed by atoms with Gasteiger partial charge in [0.15, 0.2) is 0 Å². The van der Waals surface area contributed by atoms with E-state index in [-0.39, 0.29) is 0 Å². The van der Waals surface area contributed by atoms with Crippen LogP contribution in [0.3, 0.4) is 0 Å². The van der Waals surface area contributed by atoms with E-state index in [1.165, 1.54) is 6.20 Å². The Balaban J connectivity index is 1.98. The molecule has 1 saturated heterocycles. The maximum Gasteiger partial charge on any atom is 0.215 e. The van der Waals surface area contributed by atoms with Gasteiger partial charge in [0, 0.05) is 25.8 Å². The van der Waals surface area contributed by atoms with Crippen molar-refractivity contribution in [3.63, 3.8) is 0 Å². The van der Waals surface area contributed by atoms with Gasteiger partial charge in [0.25, 0.3) is 0 Å². The summed E-state index contributed by atoms with van der Waals surface area (Å²) in [4.78, 5) is 6.10. The summed E-state index contributed by atoms with van der Waals surface area (Å²) in [5.74, 6) is 0. The van der Waals surface area contributed by atoms with Crippen LogP contribution < -0.4 is 0 Å². The van der Waals surface area contributed by atoms with Gasteiger partial charge in [-0.1, -0.05) is 0 Å². The maximum atomic E-state index is 11.4. The second kappa shape index (κ2) is 3.80. The monoisotopic (exact) mass is 216 g/mol. The van der Waals surface area contributed by atoms with Gasteiger partial charge in [0.2, 0.25) is 9.84 Å². The molecule has 78 valence electrons. The molecule has 0 atom stereocenters. The number of hydrogen-bond donors (Lipinski definition) is 0. The van der Waals surface area contributed by atoms with E-state index in [0.29, 0.717) is 24.7 Å². The van der Waals surface area contributed by atoms with Crippen LogP contribution in [0.15, 0.2) is 16.1 Å². The number of sulfone groups is 1. The first kappa shape index (κ1) is 9.82. The summed E-state index contributed by atoms with van der Waals surface area (Å²) in [5, 5.41) is 0. The van der Waals surface area contributed by atoms with Crippen molar-refractivity contribution < 1.29 is 13.2 Å². The van der Waals surface area contributed by atoms with Crippen LogP contribution >= 0.6 is 0 Å². The van der Waals surface area contributed by atoms with Gasteiger partial charge < -0.3 is 4.74 Å². The summed E-state index contributed by atoms with van der Waals surface area (Å²) in [6, 6.07) is 0. The molecule has 0 aromatic heterocycles. The minimum Gasteiger partial charge on any atom is -0.379 e. The van der Waals surface area contributed by atoms with Gasteiger partial charge in [-0.3, -0.25) is 9.89 Å². The topological polar surface area (TPSA) is 59.0 Å². The van der Waals surface area contributed by atoms with E-state index in [1.54, 1.807) is 0 Å². The molecule has 0 unspecified atom stereocenters. The predicted octanol–water partition coefficient (Wildman–Crippen LogP) is -0.383. The fraction of sp³-hybridized carbons (Fsp3) is 0.625. The Labute approximate surface area is 83.0 Å². The SMILES string of the molecule is O=S1(=O)C=NC=C1CN1CCOCC1. The minimum absolute atomic E-state index is 0.388. The Hall–Kier alpha value is -0.720. The third-order valence-electron chi connectivity index (χ3n) is 2.27. The molecule has 0 N–H and O–H groups in total. The maximum absolute atomic E-state index is 11.4. The van der Waals surface area contributed by atoms with Crippen molar-refractivity contribution >= 4 is 15.4 Å². The van der Waals surface area contributed by atoms with Gasteiger partial charge in [-0.15, -0.1) is 0 Å². The molecule has 0 aromatic rings. The average Bonchev–Trinajstić information content (AvgIpc) is 2.48. The molecular formula is C8H12N2O3S. The summed E-state index contributed by atoms with van der Waals surface area (Å²) in [7, 11) is -3.20. The first-order chi connectivity index (χ1) is 6.68. The largest absolute Gasteiger partial charge is 0.379 e. The van der Waals surface area contributed by atoms with Gasteiger partial charge in [0.1, 0.15) is 5.55 Å². The predicted molar refractivity (Wildman–Crippen MR) is 52.8 cm³/mol. The summed E-state index contributed by atoms with van der Waals surface area (Å²) in [5.41, 5.74) is 1.00. The highest BCUT2D eigenvalue weighted by Gasteiger charge is 2.22. The molecule has 1 fully saturated rings. The second-order valence-electron chi connectivity index (χ2n) is 3.28. The standard InChI is InChI=1S/C8H12N2O3S/c11-14(12)7-9-5-8(14)6-10-1-3-13-4-2-10/h5,7H,1-4,6H2. The molecule has 2 rings (SSSR count). The highest BCUT2D eigenvalue weighted by molar-refractivity contribution is 8.08. The van der Waals surface area contributed by atoms with Gasteiger partial charge in [-0.2, -0.15) is 0 Å². The van der Waals surface area contributed by atoms with Crippen LogP contribution in [-0.4, -0.2) is 51.7 Å². The Morgan fingerprint density at radius 1 is 1.43 bits per heavy atom. The lowest BCUT2D eigenvalue weighted by Crippen LogP contribution is -2.38. The zero-order valence-corrected chi connectivity index (χ0v) is 8.53. The van der Waals surface area contributed by atoms with Crippen LogP contribution in [0.25, 0.3) is 0 Å². The normalized spacial score (nSPS) is 26.4. The molecular weight excluding hydrogens is 204 g/mol. The summed E-state index contributed by atoms with van der Waals surface area (Å²) in [6.45, 7) is 3.37. The fourth-order valence-electron chi connectivity index (χ4n) is 1.45. The van der Waals surface area contributed by atoms with Crippen molar-refractivity contribution in [1.82, 2.24) is 4.90 Å². The minimum atomic E-state index is -3.20. The molecule has 0 spiro atoms. The number of nitrogens with zero attached hydrogens (tertiary/aromatic N) is 2. The van der Waals surface area contributed by atoms with E-state index in [0.717, 1.165) is 18.6 Å². The van der Waals surface area contributed by atoms with Crippen LogP contribution in [0.5, 0.6) is 0 Å². The molecule has 0 amide bonds. The molecule has 2 heterocycles. The highest BCUT2D eigenvalue weighted by Crippen LogP contribution is 2.14. The van der Waals surface area contributed by atoms with E-state index in [2.05, 4.69) is 9.89 Å². The Bertz CT molecular complexity index is 366. The van der Waals surface area contributed by atoms with Crippen LogP contribution in [0.2, 0.25) is 0 Å². The van der Waals surface area contributed by atoms with Gasteiger partial charge in [-0.25, -0.2) is 8.42 Å². The van der Waals surface area contributed by atoms with Crippen molar-refractivity contribution in [2.75, 3.05) is 32.8 Å². The Morgan fingerprint density at radius 2 is 2.14 bits per heavy atom. The molecule has 5 nitrogen and oxygen atoms in total. The second-order valence-corrected chi connectivity index (χ2v) is 5.11. The van der Waals surface area contributed by atoms with Gasteiger partial charge in [0.05, 0.1) is 18.1 Å². The van der Waals surface area contributed by atoms with Crippen molar-refractivity contribution in [3.05, 3.63) is 11.1 Å². The van der Waals surface area contributed by atoms with Crippen LogP contribution in [0.4, 0.5) is 0 Å². The molecule has 0 saturated carbocycles. The molecule has 2 aliphatic rings. The number of ether oxygens (including phenoxy) is 1. The first-order valence-corrected chi connectivity index (χ1v) is 6.00. The van der Waals surface area contributed by atoms with Crippen molar-refractivity contribution in [2.45, 2.75) is 0 Å². The van der Waals surface area contributed by atoms with Crippen LogP contribution in [-0.2, 0) is 14.6 Å². The van der Waals surface area contributed by atoms with E-state index in [4.69, 9.17) is 4.74 Å². The highest BCUT2D eigenvalue weighted by atomic mass is 32.2. The van der Waals surface area contributed by atoms with Crippen molar-refractivity contribution in [2.24, 2.45) is 4.99 Å². The Morgan fingerprint density at radius 3 is 2.71 bits per heavy atom. The fourth-order valence-corrected chi connectivity index (χ4v) is 2.37. The molecule has 6 heteroatoms. The summed E-state index contributed by atoms with van der Waals surface area (Å²) < 4.78 is 27.9. The first-order valence-electron chi connectivity index (χ1n) is 4.46.